The van der Waals surface area contributed by atoms with Crippen molar-refractivity contribution in [1.29, 1.82) is 0 Å². The lowest BCUT2D eigenvalue weighted by Crippen LogP contribution is -1.98. The summed E-state index contributed by atoms with van der Waals surface area (Å²) in [5.74, 6) is 0. The second-order valence-corrected chi connectivity index (χ2v) is 6.51. The molecule has 0 amide bonds. The lowest BCUT2D eigenvalue weighted by atomic mass is 10.1. The molecular formula is C20H28ClN3O. The van der Waals surface area contributed by atoms with Crippen molar-refractivity contribution in [2.45, 2.75) is 51.9 Å². The molecule has 0 saturated carbocycles. The molecule has 3 aromatic rings. The molecule has 0 fully saturated rings. The molecule has 3 rings (SSSR count). The molecule has 0 aliphatic heterocycles. The van der Waals surface area contributed by atoms with Gasteiger partial charge in [-0.3, -0.25) is 0 Å². The lowest BCUT2D eigenvalue weighted by Gasteiger charge is -2.05. The Labute approximate surface area is 155 Å². The summed E-state index contributed by atoms with van der Waals surface area (Å²) in [5.41, 5.74) is 11.2. The fourth-order valence-corrected chi connectivity index (χ4v) is 3.21. The smallest absolute Gasteiger partial charge is 0.137 e. The molecule has 3 heterocycles. The number of hydrogen-bond donors (Lipinski definition) is 1. The average molecular weight is 362 g/mol. The standard InChI is InChI=1S/C20H27N3O.ClH/c1-16-9-12-23-18(8-6-4-2-3-5-7-11-21)20(22-19(23)14-16)17-10-13-24-15-17;/h9-10,12-15H,2-8,11,21H2,1H3;1H. The first-order valence-electron chi connectivity index (χ1n) is 9.00. The van der Waals surface area contributed by atoms with Gasteiger partial charge in [-0.2, -0.15) is 0 Å². The number of halogens is 1. The third-order valence-electron chi connectivity index (χ3n) is 4.54. The quantitative estimate of drug-likeness (QED) is 0.535. The molecule has 25 heavy (non-hydrogen) atoms. The van der Waals surface area contributed by atoms with Crippen LogP contribution in [0.1, 0.15) is 49.8 Å². The monoisotopic (exact) mass is 361 g/mol. The van der Waals surface area contributed by atoms with Crippen LogP contribution < -0.4 is 5.73 Å². The van der Waals surface area contributed by atoms with Gasteiger partial charge in [-0.05, 0) is 56.5 Å². The predicted molar refractivity (Wildman–Crippen MR) is 105 cm³/mol. The molecule has 136 valence electrons. The molecule has 0 atom stereocenters. The highest BCUT2D eigenvalue weighted by molar-refractivity contribution is 5.85. The van der Waals surface area contributed by atoms with E-state index in [1.807, 2.05) is 6.07 Å². The summed E-state index contributed by atoms with van der Waals surface area (Å²) < 4.78 is 7.49. The second-order valence-electron chi connectivity index (χ2n) is 6.51. The van der Waals surface area contributed by atoms with Crippen LogP contribution >= 0.6 is 12.4 Å². The van der Waals surface area contributed by atoms with Crippen molar-refractivity contribution in [3.63, 3.8) is 0 Å². The molecule has 0 aliphatic carbocycles. The number of hydrogen-bond acceptors (Lipinski definition) is 3. The Kier molecular flexibility index (Phi) is 7.53. The molecule has 0 aromatic carbocycles. The van der Waals surface area contributed by atoms with Crippen LogP contribution in [0.25, 0.3) is 16.9 Å². The maximum absolute atomic E-state index is 5.54. The van der Waals surface area contributed by atoms with E-state index < -0.39 is 0 Å². The number of fused-ring (bicyclic) bond motifs is 1. The van der Waals surface area contributed by atoms with Gasteiger partial charge in [-0.25, -0.2) is 4.98 Å². The first kappa shape index (κ1) is 19.5. The maximum atomic E-state index is 5.54. The van der Waals surface area contributed by atoms with E-state index >= 15 is 0 Å². The summed E-state index contributed by atoms with van der Waals surface area (Å²) in [7, 11) is 0. The first-order valence-corrected chi connectivity index (χ1v) is 9.00. The molecule has 0 spiro atoms. The zero-order chi connectivity index (χ0) is 16.8. The molecule has 5 heteroatoms. The fourth-order valence-electron chi connectivity index (χ4n) is 3.21. The predicted octanol–water partition coefficient (Wildman–Crippen LogP) is 5.17. The van der Waals surface area contributed by atoms with E-state index in [4.69, 9.17) is 15.1 Å². The largest absolute Gasteiger partial charge is 0.472 e. The first-order chi connectivity index (χ1) is 11.8. The van der Waals surface area contributed by atoms with E-state index in [2.05, 4.69) is 29.7 Å². The Balaban J connectivity index is 0.00000225. The summed E-state index contributed by atoms with van der Waals surface area (Å²) in [4.78, 5) is 4.84. The molecule has 3 aromatic heterocycles. The van der Waals surface area contributed by atoms with Crippen LogP contribution in [0, 0.1) is 6.92 Å². The minimum absolute atomic E-state index is 0. The number of imidazole rings is 1. The number of nitrogens with two attached hydrogens (primary N) is 1. The number of aromatic nitrogens is 2. The number of nitrogens with zero attached hydrogens (tertiary/aromatic N) is 2. The SMILES string of the molecule is Cc1ccn2c(CCCCCCCCN)c(-c3ccoc3)nc2c1.Cl. The normalized spacial score (nSPS) is 11.0. The van der Waals surface area contributed by atoms with Gasteiger partial charge in [0.1, 0.15) is 5.65 Å². The van der Waals surface area contributed by atoms with Crippen LogP contribution in [0.2, 0.25) is 0 Å². The fraction of sp³-hybridized carbons (Fsp3) is 0.450. The van der Waals surface area contributed by atoms with Crippen LogP contribution in [0.5, 0.6) is 0 Å². The number of aryl methyl sites for hydroxylation is 2. The number of furan rings is 1. The van der Waals surface area contributed by atoms with Gasteiger partial charge in [0.15, 0.2) is 0 Å². The Hall–Kier alpha value is -1.78. The summed E-state index contributed by atoms with van der Waals surface area (Å²) in [5, 5.41) is 0. The van der Waals surface area contributed by atoms with E-state index in [1.54, 1.807) is 12.5 Å². The van der Waals surface area contributed by atoms with Gasteiger partial charge in [0.2, 0.25) is 0 Å². The molecule has 0 bridgehead atoms. The van der Waals surface area contributed by atoms with Gasteiger partial charge in [-0.15, -0.1) is 12.4 Å². The number of rotatable bonds is 9. The van der Waals surface area contributed by atoms with E-state index in [1.165, 1.54) is 43.4 Å². The molecule has 0 saturated heterocycles. The zero-order valence-corrected chi connectivity index (χ0v) is 15.7. The van der Waals surface area contributed by atoms with Crippen molar-refractivity contribution in [3.8, 4) is 11.3 Å². The van der Waals surface area contributed by atoms with E-state index in [0.29, 0.717) is 0 Å². The Morgan fingerprint density at radius 3 is 2.56 bits per heavy atom. The van der Waals surface area contributed by atoms with Gasteiger partial charge in [-0.1, -0.05) is 25.7 Å². The van der Waals surface area contributed by atoms with Crippen molar-refractivity contribution in [2.24, 2.45) is 5.73 Å². The summed E-state index contributed by atoms with van der Waals surface area (Å²) in [6, 6.07) is 6.27. The highest BCUT2D eigenvalue weighted by atomic mass is 35.5. The van der Waals surface area contributed by atoms with Crippen molar-refractivity contribution in [3.05, 3.63) is 48.2 Å². The third-order valence-corrected chi connectivity index (χ3v) is 4.54. The summed E-state index contributed by atoms with van der Waals surface area (Å²) >= 11 is 0. The summed E-state index contributed by atoms with van der Waals surface area (Å²) in [6.45, 7) is 2.92. The van der Waals surface area contributed by atoms with E-state index in [9.17, 15) is 0 Å². The minimum atomic E-state index is 0. The average Bonchev–Trinajstić information content (AvgIpc) is 3.21. The van der Waals surface area contributed by atoms with Gasteiger partial charge in [0.05, 0.1) is 23.9 Å². The highest BCUT2D eigenvalue weighted by Gasteiger charge is 2.14. The molecule has 0 aliphatic rings. The van der Waals surface area contributed by atoms with Crippen molar-refractivity contribution < 1.29 is 4.42 Å². The summed E-state index contributed by atoms with van der Waals surface area (Å²) in [6.07, 6.45) is 14.1. The Bertz CT molecular complexity index is 765. The molecule has 0 unspecified atom stereocenters. The van der Waals surface area contributed by atoms with Crippen LogP contribution in [0.4, 0.5) is 0 Å². The van der Waals surface area contributed by atoms with Crippen molar-refractivity contribution in [2.75, 3.05) is 6.54 Å². The zero-order valence-electron chi connectivity index (χ0n) is 14.9. The lowest BCUT2D eigenvalue weighted by molar-refractivity contribution is 0.568. The maximum Gasteiger partial charge on any atom is 0.137 e. The highest BCUT2D eigenvalue weighted by Crippen LogP contribution is 2.27. The van der Waals surface area contributed by atoms with Crippen LogP contribution in [0.3, 0.4) is 0 Å². The van der Waals surface area contributed by atoms with Gasteiger partial charge in [0.25, 0.3) is 0 Å². The molecule has 2 N–H and O–H groups in total. The van der Waals surface area contributed by atoms with Crippen LogP contribution in [-0.2, 0) is 6.42 Å². The van der Waals surface area contributed by atoms with Crippen LogP contribution in [0.15, 0.2) is 41.3 Å². The number of unbranched alkanes of at least 4 members (excludes halogenated alkanes) is 5. The van der Waals surface area contributed by atoms with Crippen molar-refractivity contribution >= 4 is 18.1 Å². The Morgan fingerprint density at radius 2 is 1.84 bits per heavy atom. The topological polar surface area (TPSA) is 56.5 Å². The third kappa shape index (κ3) is 4.86. The van der Waals surface area contributed by atoms with Gasteiger partial charge >= 0.3 is 0 Å². The van der Waals surface area contributed by atoms with E-state index in [-0.39, 0.29) is 12.4 Å². The van der Waals surface area contributed by atoms with Crippen molar-refractivity contribution in [1.82, 2.24) is 9.38 Å². The molecule has 4 nitrogen and oxygen atoms in total. The molecular weight excluding hydrogens is 334 g/mol. The van der Waals surface area contributed by atoms with Gasteiger partial charge < -0.3 is 14.6 Å². The van der Waals surface area contributed by atoms with Crippen LogP contribution in [-0.4, -0.2) is 15.9 Å². The molecule has 0 radical (unpaired) electrons. The van der Waals surface area contributed by atoms with Gasteiger partial charge in [0, 0.05) is 11.8 Å². The minimum Gasteiger partial charge on any atom is -0.472 e. The Morgan fingerprint density at radius 1 is 1.08 bits per heavy atom. The van der Waals surface area contributed by atoms with E-state index in [0.717, 1.165) is 36.3 Å². The second kappa shape index (κ2) is 9.64. The number of pyridine rings is 1.